The van der Waals surface area contributed by atoms with Crippen LogP contribution in [0.4, 0.5) is 5.00 Å². The van der Waals surface area contributed by atoms with Crippen LogP contribution >= 0.6 is 11.5 Å². The first-order chi connectivity index (χ1) is 13.1. The molecule has 0 atom stereocenters. The van der Waals surface area contributed by atoms with E-state index < -0.39 is 0 Å². The van der Waals surface area contributed by atoms with Crippen LogP contribution in [-0.4, -0.2) is 22.6 Å². The molecule has 1 aromatic heterocycles. The summed E-state index contributed by atoms with van der Waals surface area (Å²) in [7, 11) is 0. The van der Waals surface area contributed by atoms with Gasteiger partial charge in [-0.1, -0.05) is 48.5 Å². The van der Waals surface area contributed by atoms with Crippen molar-refractivity contribution in [1.82, 2.24) is 9.80 Å². The maximum absolute atomic E-state index is 12.1. The zero-order valence-electron chi connectivity index (χ0n) is 15.1. The Morgan fingerprint density at radius 3 is 2.59 bits per heavy atom. The number of amides is 1. The van der Waals surface area contributed by atoms with E-state index in [1.165, 1.54) is 11.5 Å². The number of carbonyl (C=O) groups is 1. The number of benzene rings is 2. The highest BCUT2D eigenvalue weighted by Crippen LogP contribution is 2.29. The first-order valence-corrected chi connectivity index (χ1v) is 9.16. The molecule has 1 heterocycles. The summed E-state index contributed by atoms with van der Waals surface area (Å²) in [4.78, 5) is 12.1. The smallest absolute Gasteiger partial charge is 0.277 e. The molecule has 0 radical (unpaired) electrons. The Bertz CT molecular complexity index is 948. The summed E-state index contributed by atoms with van der Waals surface area (Å²) >= 11 is 1.21. The van der Waals surface area contributed by atoms with Gasteiger partial charge in [-0.2, -0.15) is 9.47 Å². The Morgan fingerprint density at radius 1 is 1.19 bits per heavy atom. The molecule has 0 saturated heterocycles. The Morgan fingerprint density at radius 2 is 1.89 bits per heavy atom. The van der Waals surface area contributed by atoms with E-state index in [0.717, 1.165) is 22.4 Å². The molecule has 3 aromatic rings. The highest BCUT2D eigenvalue weighted by atomic mass is 32.1. The van der Waals surface area contributed by atoms with E-state index in [9.17, 15) is 4.79 Å². The van der Waals surface area contributed by atoms with Gasteiger partial charge >= 0.3 is 0 Å². The van der Waals surface area contributed by atoms with Crippen LogP contribution in [0.25, 0.3) is 11.1 Å². The van der Waals surface area contributed by atoms with E-state index in [0.29, 0.717) is 16.5 Å². The second-order valence-electron chi connectivity index (χ2n) is 5.89. The highest BCUT2D eigenvalue weighted by Gasteiger charge is 2.12. The molecule has 0 aliphatic rings. The van der Waals surface area contributed by atoms with Crippen molar-refractivity contribution < 1.29 is 9.53 Å². The van der Waals surface area contributed by atoms with Crippen LogP contribution in [-0.2, 0) is 4.79 Å². The van der Waals surface area contributed by atoms with Crippen LogP contribution in [0, 0.1) is 6.92 Å². The minimum absolute atomic E-state index is 0.142. The zero-order valence-corrected chi connectivity index (χ0v) is 15.9. The topological polar surface area (TPSA) is 89.6 Å². The van der Waals surface area contributed by atoms with Crippen LogP contribution in [0.15, 0.2) is 59.7 Å². The predicted octanol–water partition coefficient (Wildman–Crippen LogP) is 3.62. The third-order valence-electron chi connectivity index (χ3n) is 3.93. The summed E-state index contributed by atoms with van der Waals surface area (Å²) in [6.45, 7) is 3.49. The lowest BCUT2D eigenvalue weighted by Gasteiger charge is -2.11. The molecule has 0 unspecified atom stereocenters. The lowest BCUT2D eigenvalue weighted by molar-refractivity contribution is -0.123. The number of carbonyl (C=O) groups excluding carboxylic acids is 1. The summed E-state index contributed by atoms with van der Waals surface area (Å²) < 4.78 is 9.88. The summed E-state index contributed by atoms with van der Waals surface area (Å²) in [5.74, 6) is 0.290. The van der Waals surface area contributed by atoms with Gasteiger partial charge in [-0.05, 0) is 37.0 Å². The van der Waals surface area contributed by atoms with Crippen molar-refractivity contribution in [3.63, 3.8) is 0 Å². The number of para-hydroxylation sites is 1. The second-order valence-corrected chi connectivity index (χ2v) is 6.70. The lowest BCUT2D eigenvalue weighted by atomic mass is 10.1. The van der Waals surface area contributed by atoms with Crippen molar-refractivity contribution >= 4 is 28.2 Å². The summed E-state index contributed by atoms with van der Waals surface area (Å²) in [5.41, 5.74) is 12.5. The summed E-state index contributed by atoms with van der Waals surface area (Å²) in [6.07, 6.45) is 0. The number of nitrogen functional groups attached to an aromatic ring is 1. The molecule has 3 rings (SSSR count). The van der Waals surface area contributed by atoms with E-state index in [1.54, 1.807) is 6.92 Å². The van der Waals surface area contributed by atoms with Crippen molar-refractivity contribution in [1.29, 1.82) is 0 Å². The average molecular weight is 380 g/mol. The second kappa shape index (κ2) is 8.46. The lowest BCUT2D eigenvalue weighted by Crippen LogP contribution is -2.25. The number of ether oxygens (including phenoxy) is 1. The fourth-order valence-corrected chi connectivity index (χ4v) is 3.37. The van der Waals surface area contributed by atoms with Crippen LogP contribution in [0.5, 0.6) is 5.75 Å². The molecule has 0 bridgehead atoms. The number of rotatable bonds is 6. The third-order valence-corrected chi connectivity index (χ3v) is 4.70. The fraction of sp³-hybridized carbons (Fsp3) is 0.150. The Balaban J connectivity index is 1.64. The number of anilines is 1. The SMILES string of the molecule is C/C(=N/NC(=O)COc1ccccc1-c1ccccc1)c1c(C)nsc1N. The van der Waals surface area contributed by atoms with Crippen molar-refractivity contribution in [2.45, 2.75) is 13.8 Å². The van der Waals surface area contributed by atoms with Crippen molar-refractivity contribution in [2.24, 2.45) is 5.10 Å². The first kappa shape index (κ1) is 18.6. The average Bonchev–Trinajstić information content (AvgIpc) is 3.03. The number of hydrogen-bond donors (Lipinski definition) is 2. The minimum Gasteiger partial charge on any atom is -0.483 e. The summed E-state index contributed by atoms with van der Waals surface area (Å²) in [5, 5.41) is 4.68. The molecular formula is C20H20N4O2S. The van der Waals surface area contributed by atoms with Gasteiger partial charge in [0.15, 0.2) is 6.61 Å². The van der Waals surface area contributed by atoms with Crippen LogP contribution in [0.1, 0.15) is 18.2 Å². The number of aromatic nitrogens is 1. The molecule has 0 spiro atoms. The van der Waals surface area contributed by atoms with Gasteiger partial charge in [-0.25, -0.2) is 5.43 Å². The van der Waals surface area contributed by atoms with Gasteiger partial charge in [-0.15, -0.1) is 0 Å². The molecule has 0 aliphatic carbocycles. The van der Waals surface area contributed by atoms with Crippen molar-refractivity contribution in [3.8, 4) is 16.9 Å². The number of nitrogens with two attached hydrogens (primary N) is 1. The van der Waals surface area contributed by atoms with E-state index in [2.05, 4.69) is 14.9 Å². The number of nitrogens with zero attached hydrogens (tertiary/aromatic N) is 2. The normalized spacial score (nSPS) is 11.3. The van der Waals surface area contributed by atoms with E-state index >= 15 is 0 Å². The van der Waals surface area contributed by atoms with Gasteiger partial charge in [0.05, 0.1) is 17.0 Å². The number of aryl methyl sites for hydroxylation is 1. The molecular weight excluding hydrogens is 360 g/mol. The van der Waals surface area contributed by atoms with Crippen molar-refractivity contribution in [3.05, 3.63) is 65.9 Å². The molecule has 2 aromatic carbocycles. The van der Waals surface area contributed by atoms with Gasteiger partial charge in [0.1, 0.15) is 10.8 Å². The Hall–Kier alpha value is -3.19. The molecule has 0 aliphatic heterocycles. The van der Waals surface area contributed by atoms with Crippen LogP contribution < -0.4 is 15.9 Å². The van der Waals surface area contributed by atoms with Gasteiger partial charge in [0.2, 0.25) is 0 Å². The Labute approximate surface area is 161 Å². The van der Waals surface area contributed by atoms with Crippen molar-refractivity contribution in [2.75, 3.05) is 12.3 Å². The zero-order chi connectivity index (χ0) is 19.2. The maximum atomic E-state index is 12.1. The first-order valence-electron chi connectivity index (χ1n) is 8.38. The van der Waals surface area contributed by atoms with Gasteiger partial charge in [0, 0.05) is 5.56 Å². The Kier molecular flexibility index (Phi) is 5.83. The molecule has 3 N–H and O–H groups in total. The largest absolute Gasteiger partial charge is 0.483 e. The monoisotopic (exact) mass is 380 g/mol. The molecule has 7 heteroatoms. The maximum Gasteiger partial charge on any atom is 0.277 e. The van der Waals surface area contributed by atoms with E-state index in [-0.39, 0.29) is 12.5 Å². The van der Waals surface area contributed by atoms with Crippen LogP contribution in [0.2, 0.25) is 0 Å². The molecule has 1 amide bonds. The number of hydrazone groups is 1. The van der Waals surface area contributed by atoms with Gasteiger partial charge in [0.25, 0.3) is 5.91 Å². The van der Waals surface area contributed by atoms with Gasteiger partial charge in [-0.3, -0.25) is 4.79 Å². The fourth-order valence-electron chi connectivity index (χ4n) is 2.65. The summed E-state index contributed by atoms with van der Waals surface area (Å²) in [6, 6.07) is 17.5. The standard InChI is InChI=1S/C20H20N4O2S/c1-13(19-14(2)24-27-20(19)21)22-23-18(25)12-26-17-11-7-6-10-16(17)15-8-4-3-5-9-15/h3-11H,12,21H2,1-2H3,(H,23,25)/b22-13-. The highest BCUT2D eigenvalue weighted by molar-refractivity contribution is 7.10. The number of hydrogen-bond acceptors (Lipinski definition) is 6. The predicted molar refractivity (Wildman–Crippen MR) is 109 cm³/mol. The van der Waals surface area contributed by atoms with Gasteiger partial charge < -0.3 is 10.5 Å². The molecule has 27 heavy (non-hydrogen) atoms. The number of nitrogens with one attached hydrogen (secondary N) is 1. The van der Waals surface area contributed by atoms with E-state index in [4.69, 9.17) is 10.5 Å². The van der Waals surface area contributed by atoms with E-state index in [1.807, 2.05) is 61.5 Å². The molecule has 0 fully saturated rings. The molecule has 138 valence electrons. The molecule has 6 nitrogen and oxygen atoms in total. The minimum atomic E-state index is -0.350. The third kappa shape index (κ3) is 4.51. The molecule has 0 saturated carbocycles. The van der Waals surface area contributed by atoms with Crippen LogP contribution in [0.3, 0.4) is 0 Å². The quantitative estimate of drug-likeness (QED) is 0.505.